The van der Waals surface area contributed by atoms with E-state index in [1.807, 2.05) is 50.2 Å². The topological polar surface area (TPSA) is 9.23 Å². The largest absolute Gasteiger partial charge is 0.486 e. The Bertz CT molecular complexity index is 494. The molecule has 0 fully saturated rings. The van der Waals surface area contributed by atoms with E-state index in [-0.39, 0.29) is 6.10 Å². The summed E-state index contributed by atoms with van der Waals surface area (Å²) < 4.78 is 5.93. The Morgan fingerprint density at radius 1 is 1.06 bits per heavy atom. The zero-order valence-corrected chi connectivity index (χ0v) is 10.7. The summed E-state index contributed by atoms with van der Waals surface area (Å²) in [5.41, 5.74) is 2.25. The maximum Gasteiger partial charge on any atom is 0.124 e. The molecule has 0 saturated carbocycles. The molecule has 0 aliphatic heterocycles. The fourth-order valence-corrected chi connectivity index (χ4v) is 1.85. The third-order valence-corrected chi connectivity index (χ3v) is 2.96. The molecular weight excluding hydrogens is 232 g/mol. The van der Waals surface area contributed by atoms with Gasteiger partial charge < -0.3 is 4.74 Å². The molecule has 0 radical (unpaired) electrons. The van der Waals surface area contributed by atoms with E-state index in [9.17, 15) is 0 Å². The molecule has 2 heteroatoms. The van der Waals surface area contributed by atoms with E-state index in [0.29, 0.717) is 5.02 Å². The molecule has 0 saturated heterocycles. The lowest BCUT2D eigenvalue weighted by Gasteiger charge is -2.16. The third-order valence-electron chi connectivity index (χ3n) is 2.72. The fourth-order valence-electron chi connectivity index (χ4n) is 1.68. The van der Waals surface area contributed by atoms with Crippen molar-refractivity contribution in [3.8, 4) is 5.75 Å². The van der Waals surface area contributed by atoms with E-state index in [2.05, 4.69) is 12.1 Å². The first-order chi connectivity index (χ1) is 8.16. The summed E-state index contributed by atoms with van der Waals surface area (Å²) in [6.07, 6.45) is 0.0216. The fraction of sp³-hybridized carbons (Fsp3) is 0.200. The monoisotopic (exact) mass is 246 g/mol. The van der Waals surface area contributed by atoms with Crippen molar-refractivity contribution in [1.29, 1.82) is 0 Å². The second-order valence-corrected chi connectivity index (χ2v) is 4.52. The Balaban J connectivity index is 2.18. The minimum Gasteiger partial charge on any atom is -0.486 e. The van der Waals surface area contributed by atoms with Gasteiger partial charge in [0.1, 0.15) is 11.9 Å². The van der Waals surface area contributed by atoms with Crippen molar-refractivity contribution >= 4 is 11.6 Å². The van der Waals surface area contributed by atoms with Gasteiger partial charge in [-0.2, -0.15) is 0 Å². The van der Waals surface area contributed by atoms with Crippen molar-refractivity contribution in [3.05, 3.63) is 64.7 Å². The zero-order valence-electron chi connectivity index (χ0n) is 9.98. The molecule has 2 rings (SSSR count). The summed E-state index contributed by atoms with van der Waals surface area (Å²) in [5, 5.41) is 0.700. The molecule has 0 amide bonds. The van der Waals surface area contributed by atoms with Crippen molar-refractivity contribution < 1.29 is 4.74 Å². The summed E-state index contributed by atoms with van der Waals surface area (Å²) >= 11 is 5.97. The molecule has 0 aliphatic rings. The predicted molar refractivity (Wildman–Crippen MR) is 71.7 cm³/mol. The molecule has 17 heavy (non-hydrogen) atoms. The second-order valence-electron chi connectivity index (χ2n) is 4.08. The molecule has 0 bridgehead atoms. The van der Waals surface area contributed by atoms with Crippen LogP contribution in [0.4, 0.5) is 0 Å². The van der Waals surface area contributed by atoms with Gasteiger partial charge in [0, 0.05) is 5.02 Å². The number of benzene rings is 2. The molecule has 2 aromatic rings. The van der Waals surface area contributed by atoms with Crippen molar-refractivity contribution in [2.45, 2.75) is 20.0 Å². The Morgan fingerprint density at radius 2 is 1.76 bits per heavy atom. The summed E-state index contributed by atoms with van der Waals surface area (Å²) in [4.78, 5) is 0. The van der Waals surface area contributed by atoms with Crippen LogP contribution in [0.1, 0.15) is 24.2 Å². The summed E-state index contributed by atoms with van der Waals surface area (Å²) in [6, 6.07) is 15.8. The first-order valence-corrected chi connectivity index (χ1v) is 6.02. The van der Waals surface area contributed by atoms with Gasteiger partial charge in [-0.3, -0.25) is 0 Å². The lowest BCUT2D eigenvalue weighted by atomic mass is 10.1. The van der Waals surface area contributed by atoms with Crippen LogP contribution in [0.25, 0.3) is 0 Å². The Morgan fingerprint density at radius 3 is 2.47 bits per heavy atom. The molecule has 0 heterocycles. The van der Waals surface area contributed by atoms with E-state index in [0.717, 1.165) is 16.9 Å². The standard InChI is InChI=1S/C15H15ClO/c1-11-8-9-14(16)10-15(11)17-12(2)13-6-4-3-5-7-13/h3-10,12H,1-2H3. The highest BCUT2D eigenvalue weighted by Gasteiger charge is 2.08. The highest BCUT2D eigenvalue weighted by Crippen LogP contribution is 2.27. The normalized spacial score (nSPS) is 12.2. The molecular formula is C15H15ClO. The highest BCUT2D eigenvalue weighted by atomic mass is 35.5. The Hall–Kier alpha value is -1.47. The molecule has 0 spiro atoms. The van der Waals surface area contributed by atoms with Gasteiger partial charge in [0.15, 0.2) is 0 Å². The number of hydrogen-bond donors (Lipinski definition) is 0. The van der Waals surface area contributed by atoms with Crippen LogP contribution in [0.15, 0.2) is 48.5 Å². The summed E-state index contributed by atoms with van der Waals surface area (Å²) in [6.45, 7) is 4.05. The van der Waals surface area contributed by atoms with Gasteiger partial charge in [0.2, 0.25) is 0 Å². The minimum atomic E-state index is 0.0216. The summed E-state index contributed by atoms with van der Waals surface area (Å²) in [5.74, 6) is 0.842. The number of hydrogen-bond acceptors (Lipinski definition) is 1. The van der Waals surface area contributed by atoms with Crippen LogP contribution in [0, 0.1) is 6.92 Å². The van der Waals surface area contributed by atoms with Crippen LogP contribution in [-0.4, -0.2) is 0 Å². The van der Waals surface area contributed by atoms with Crippen LogP contribution in [0.3, 0.4) is 0 Å². The zero-order chi connectivity index (χ0) is 12.3. The molecule has 1 nitrogen and oxygen atoms in total. The van der Waals surface area contributed by atoms with E-state index in [4.69, 9.17) is 16.3 Å². The van der Waals surface area contributed by atoms with Crippen molar-refractivity contribution in [3.63, 3.8) is 0 Å². The molecule has 0 aliphatic carbocycles. The van der Waals surface area contributed by atoms with Gasteiger partial charge in [0.25, 0.3) is 0 Å². The van der Waals surface area contributed by atoms with Crippen molar-refractivity contribution in [2.24, 2.45) is 0 Å². The van der Waals surface area contributed by atoms with Crippen LogP contribution in [-0.2, 0) is 0 Å². The van der Waals surface area contributed by atoms with Gasteiger partial charge in [-0.15, -0.1) is 0 Å². The molecule has 2 aromatic carbocycles. The van der Waals surface area contributed by atoms with Gasteiger partial charge in [-0.1, -0.05) is 48.0 Å². The molecule has 0 aromatic heterocycles. The molecule has 1 unspecified atom stereocenters. The van der Waals surface area contributed by atoms with E-state index in [1.165, 1.54) is 0 Å². The lowest BCUT2D eigenvalue weighted by Crippen LogP contribution is -2.03. The number of rotatable bonds is 3. The van der Waals surface area contributed by atoms with Crippen LogP contribution in [0.5, 0.6) is 5.75 Å². The van der Waals surface area contributed by atoms with E-state index < -0.39 is 0 Å². The van der Waals surface area contributed by atoms with Crippen LogP contribution in [0.2, 0.25) is 5.02 Å². The second kappa shape index (κ2) is 5.24. The molecule has 88 valence electrons. The Labute approximate surface area is 107 Å². The first-order valence-electron chi connectivity index (χ1n) is 5.64. The SMILES string of the molecule is Cc1ccc(Cl)cc1OC(C)c1ccccc1. The van der Waals surface area contributed by atoms with E-state index in [1.54, 1.807) is 0 Å². The smallest absolute Gasteiger partial charge is 0.124 e. The summed E-state index contributed by atoms with van der Waals surface area (Å²) in [7, 11) is 0. The average Bonchev–Trinajstić information content (AvgIpc) is 2.35. The average molecular weight is 247 g/mol. The number of ether oxygens (including phenoxy) is 1. The number of aryl methyl sites for hydroxylation is 1. The maximum absolute atomic E-state index is 5.97. The van der Waals surface area contributed by atoms with Gasteiger partial charge in [0.05, 0.1) is 0 Å². The third kappa shape index (κ3) is 3.01. The highest BCUT2D eigenvalue weighted by molar-refractivity contribution is 6.30. The molecule has 1 atom stereocenters. The van der Waals surface area contributed by atoms with E-state index >= 15 is 0 Å². The first kappa shape index (κ1) is 12.0. The Kier molecular flexibility index (Phi) is 3.70. The molecule has 0 N–H and O–H groups in total. The number of halogens is 1. The van der Waals surface area contributed by atoms with Crippen LogP contribution < -0.4 is 4.74 Å². The lowest BCUT2D eigenvalue weighted by molar-refractivity contribution is 0.225. The quantitative estimate of drug-likeness (QED) is 0.757. The maximum atomic E-state index is 5.97. The minimum absolute atomic E-state index is 0.0216. The van der Waals surface area contributed by atoms with Crippen molar-refractivity contribution in [1.82, 2.24) is 0 Å². The van der Waals surface area contributed by atoms with Gasteiger partial charge in [-0.05, 0) is 37.1 Å². The van der Waals surface area contributed by atoms with Gasteiger partial charge >= 0.3 is 0 Å². The van der Waals surface area contributed by atoms with Crippen LogP contribution >= 0.6 is 11.6 Å². The predicted octanol–water partition coefficient (Wildman–Crippen LogP) is 4.79. The van der Waals surface area contributed by atoms with Gasteiger partial charge in [-0.25, -0.2) is 0 Å². The van der Waals surface area contributed by atoms with Crippen molar-refractivity contribution in [2.75, 3.05) is 0 Å².